The topological polar surface area (TPSA) is 17.1 Å². The van der Waals surface area contributed by atoms with E-state index in [-0.39, 0.29) is 5.43 Å². The number of thiophene rings is 2. The van der Waals surface area contributed by atoms with Gasteiger partial charge in [0.25, 0.3) is 0 Å². The van der Waals surface area contributed by atoms with E-state index in [4.69, 9.17) is 0 Å². The summed E-state index contributed by atoms with van der Waals surface area (Å²) < 4.78 is 4.79. The van der Waals surface area contributed by atoms with Gasteiger partial charge in [0.15, 0.2) is 5.43 Å². The van der Waals surface area contributed by atoms with Crippen molar-refractivity contribution in [3.63, 3.8) is 0 Å². The van der Waals surface area contributed by atoms with Gasteiger partial charge in [-0.3, -0.25) is 4.79 Å². The van der Waals surface area contributed by atoms with Crippen molar-refractivity contribution in [2.24, 2.45) is 0 Å². The van der Waals surface area contributed by atoms with Crippen molar-refractivity contribution in [2.75, 3.05) is 0 Å². The molecular formula is C19H10OS2. The first-order valence-electron chi connectivity index (χ1n) is 7.09. The Morgan fingerprint density at radius 1 is 0.591 bits per heavy atom. The van der Waals surface area contributed by atoms with Crippen molar-refractivity contribution < 1.29 is 0 Å². The average Bonchev–Trinajstić information content (AvgIpc) is 3.07. The van der Waals surface area contributed by atoms with Gasteiger partial charge in [0.2, 0.25) is 0 Å². The maximum Gasteiger partial charge on any atom is 0.187 e. The van der Waals surface area contributed by atoms with Crippen LogP contribution in [0.3, 0.4) is 0 Å². The van der Waals surface area contributed by atoms with E-state index in [1.165, 1.54) is 24.9 Å². The van der Waals surface area contributed by atoms with Crippen LogP contribution in [-0.4, -0.2) is 0 Å². The maximum atomic E-state index is 12.6. The standard InChI is InChI=1S/C19H10OS2/c20-14-10-9-12-11-5-1-3-7-15(11)21-18(12)19-17(14)13-6-2-4-8-16(13)22-19/h1-10H. The molecule has 0 unspecified atom stereocenters. The second-order valence-corrected chi connectivity index (χ2v) is 7.45. The Morgan fingerprint density at radius 2 is 1.23 bits per heavy atom. The predicted molar refractivity (Wildman–Crippen MR) is 98.5 cm³/mol. The van der Waals surface area contributed by atoms with Crippen LogP contribution in [0.5, 0.6) is 0 Å². The second kappa shape index (κ2) is 4.38. The molecule has 0 N–H and O–H groups in total. The molecule has 5 aromatic rings. The quantitative estimate of drug-likeness (QED) is 0.353. The van der Waals surface area contributed by atoms with Crippen LogP contribution >= 0.6 is 22.7 Å². The second-order valence-electron chi connectivity index (χ2n) is 5.34. The molecule has 22 heavy (non-hydrogen) atoms. The summed E-state index contributed by atoms with van der Waals surface area (Å²) in [6.45, 7) is 0. The van der Waals surface area contributed by atoms with Crippen molar-refractivity contribution in [3.8, 4) is 0 Å². The first-order valence-corrected chi connectivity index (χ1v) is 8.72. The highest BCUT2D eigenvalue weighted by Gasteiger charge is 2.13. The van der Waals surface area contributed by atoms with Crippen molar-refractivity contribution in [3.05, 3.63) is 70.9 Å². The lowest BCUT2D eigenvalue weighted by atomic mass is 10.2. The highest BCUT2D eigenvalue weighted by atomic mass is 32.1. The van der Waals surface area contributed by atoms with Crippen molar-refractivity contribution >= 4 is 63.0 Å². The third-order valence-corrected chi connectivity index (χ3v) is 6.60. The summed E-state index contributed by atoms with van der Waals surface area (Å²) in [5.41, 5.74) is 0.111. The van der Waals surface area contributed by atoms with Crippen LogP contribution < -0.4 is 5.43 Å². The molecule has 0 aliphatic heterocycles. The molecule has 3 aromatic carbocycles. The molecule has 104 valence electrons. The van der Waals surface area contributed by atoms with Gasteiger partial charge in [-0.1, -0.05) is 36.4 Å². The molecule has 0 atom stereocenters. The van der Waals surface area contributed by atoms with Crippen LogP contribution in [0.1, 0.15) is 0 Å². The predicted octanol–water partition coefficient (Wildman–Crippen LogP) is 5.78. The first kappa shape index (κ1) is 12.3. The van der Waals surface area contributed by atoms with Gasteiger partial charge < -0.3 is 0 Å². The minimum atomic E-state index is 0.111. The maximum absolute atomic E-state index is 12.6. The normalized spacial score (nSPS) is 11.8. The lowest BCUT2D eigenvalue weighted by Gasteiger charge is -1.86. The van der Waals surface area contributed by atoms with Gasteiger partial charge in [0, 0.05) is 30.9 Å². The summed E-state index contributed by atoms with van der Waals surface area (Å²) in [5, 5.41) is 4.35. The van der Waals surface area contributed by atoms with Gasteiger partial charge in [-0.2, -0.15) is 0 Å². The Morgan fingerprint density at radius 3 is 2.05 bits per heavy atom. The van der Waals surface area contributed by atoms with Crippen molar-refractivity contribution in [1.29, 1.82) is 0 Å². The molecule has 0 aliphatic rings. The third kappa shape index (κ3) is 1.55. The van der Waals surface area contributed by atoms with Crippen molar-refractivity contribution in [2.45, 2.75) is 0 Å². The van der Waals surface area contributed by atoms with Crippen LogP contribution in [0, 0.1) is 0 Å². The molecule has 0 spiro atoms. The van der Waals surface area contributed by atoms with Crippen LogP contribution in [-0.2, 0) is 0 Å². The Balaban J connectivity index is 2.18. The van der Waals surface area contributed by atoms with E-state index in [0.29, 0.717) is 0 Å². The number of rotatable bonds is 0. The molecule has 0 radical (unpaired) electrons. The van der Waals surface area contributed by atoms with Crippen LogP contribution in [0.15, 0.2) is 65.5 Å². The zero-order valence-electron chi connectivity index (χ0n) is 11.5. The number of hydrogen-bond acceptors (Lipinski definition) is 3. The highest BCUT2D eigenvalue weighted by Crippen LogP contribution is 2.41. The Kier molecular flexibility index (Phi) is 2.46. The van der Waals surface area contributed by atoms with Gasteiger partial charge in [0.05, 0.1) is 9.40 Å². The molecule has 0 bridgehead atoms. The SMILES string of the molecule is O=c1ccc2c3ccccc3sc2c2sc3ccccc3c12. The fourth-order valence-corrected chi connectivity index (χ4v) is 5.64. The van der Waals surface area contributed by atoms with Gasteiger partial charge in [-0.15, -0.1) is 22.7 Å². The zero-order chi connectivity index (χ0) is 14.7. The molecule has 5 rings (SSSR count). The number of benzene rings is 2. The van der Waals surface area contributed by atoms with Crippen molar-refractivity contribution in [1.82, 2.24) is 0 Å². The molecule has 1 nitrogen and oxygen atoms in total. The highest BCUT2D eigenvalue weighted by molar-refractivity contribution is 7.33. The summed E-state index contributed by atoms with van der Waals surface area (Å²) in [6, 6.07) is 20.3. The zero-order valence-corrected chi connectivity index (χ0v) is 13.1. The minimum absolute atomic E-state index is 0.111. The molecule has 0 saturated carbocycles. The van der Waals surface area contributed by atoms with Gasteiger partial charge in [-0.05, 0) is 24.3 Å². The van der Waals surface area contributed by atoms with Gasteiger partial charge in [0.1, 0.15) is 0 Å². The number of hydrogen-bond donors (Lipinski definition) is 0. The molecular weight excluding hydrogens is 308 g/mol. The molecule has 0 aliphatic carbocycles. The average molecular weight is 318 g/mol. The molecule has 2 aromatic heterocycles. The summed E-state index contributed by atoms with van der Waals surface area (Å²) >= 11 is 3.50. The summed E-state index contributed by atoms with van der Waals surface area (Å²) in [6.07, 6.45) is 0. The van der Waals surface area contributed by atoms with Gasteiger partial charge in [-0.25, -0.2) is 0 Å². The van der Waals surface area contributed by atoms with E-state index in [1.54, 1.807) is 28.7 Å². The molecule has 3 heteroatoms. The summed E-state index contributed by atoms with van der Waals surface area (Å²) in [4.78, 5) is 12.6. The van der Waals surface area contributed by atoms with E-state index >= 15 is 0 Å². The fraction of sp³-hybridized carbons (Fsp3) is 0. The minimum Gasteiger partial charge on any atom is -0.289 e. The van der Waals surface area contributed by atoms with Crippen LogP contribution in [0.25, 0.3) is 40.3 Å². The Labute approximate surface area is 134 Å². The molecule has 0 saturated heterocycles. The van der Waals surface area contributed by atoms with Crippen LogP contribution in [0.2, 0.25) is 0 Å². The Hall–Kier alpha value is -2.23. The lowest BCUT2D eigenvalue weighted by Crippen LogP contribution is -1.92. The molecule has 0 fully saturated rings. The smallest absolute Gasteiger partial charge is 0.187 e. The summed E-state index contributed by atoms with van der Waals surface area (Å²) in [5.74, 6) is 0. The fourth-order valence-electron chi connectivity index (χ4n) is 3.09. The first-order chi connectivity index (χ1) is 10.8. The van der Waals surface area contributed by atoms with Crippen LogP contribution in [0.4, 0.5) is 0 Å². The third-order valence-electron chi connectivity index (χ3n) is 4.08. The molecule has 2 heterocycles. The Bertz CT molecular complexity index is 1240. The van der Waals surface area contributed by atoms with E-state index in [9.17, 15) is 4.79 Å². The van der Waals surface area contributed by atoms with E-state index in [2.05, 4.69) is 36.4 Å². The molecule has 0 amide bonds. The largest absolute Gasteiger partial charge is 0.289 e. The van der Waals surface area contributed by atoms with E-state index in [0.717, 1.165) is 15.5 Å². The number of fused-ring (bicyclic) bond motifs is 7. The summed E-state index contributed by atoms with van der Waals surface area (Å²) in [7, 11) is 0. The lowest BCUT2D eigenvalue weighted by molar-refractivity contribution is 1.77. The monoisotopic (exact) mass is 318 g/mol. The van der Waals surface area contributed by atoms with E-state index < -0.39 is 0 Å². The van der Waals surface area contributed by atoms with E-state index in [1.807, 2.05) is 18.2 Å². The van der Waals surface area contributed by atoms with Gasteiger partial charge >= 0.3 is 0 Å².